The summed E-state index contributed by atoms with van der Waals surface area (Å²) in [6.07, 6.45) is 5.59. The zero-order chi connectivity index (χ0) is 19.5. The van der Waals surface area contributed by atoms with E-state index in [0.29, 0.717) is 0 Å². The van der Waals surface area contributed by atoms with Gasteiger partial charge in [-0.3, -0.25) is 0 Å². The maximum absolute atomic E-state index is 3.96. The van der Waals surface area contributed by atoms with E-state index >= 15 is 0 Å². The van der Waals surface area contributed by atoms with Crippen LogP contribution in [0.1, 0.15) is 13.8 Å². The highest BCUT2D eigenvalue weighted by Crippen LogP contribution is 2.32. The molecule has 3 aromatic rings. The first-order valence-corrected chi connectivity index (χ1v) is 9.29. The van der Waals surface area contributed by atoms with E-state index in [2.05, 4.69) is 78.7 Å². The van der Waals surface area contributed by atoms with E-state index in [1.165, 1.54) is 11.1 Å². The Kier molecular flexibility index (Phi) is 7.87. The van der Waals surface area contributed by atoms with E-state index < -0.39 is 0 Å². The molecule has 0 spiro atoms. The van der Waals surface area contributed by atoms with Gasteiger partial charge in [-0.15, -0.1) is 0 Å². The van der Waals surface area contributed by atoms with Crippen LogP contribution in [-0.4, -0.2) is 0 Å². The monoisotopic (exact) mass is 353 g/mol. The molecule has 27 heavy (non-hydrogen) atoms. The molecule has 0 aromatic heterocycles. The minimum Gasteiger partial charge on any atom is -0.311 e. The Morgan fingerprint density at radius 1 is 0.667 bits per heavy atom. The second-order valence-corrected chi connectivity index (χ2v) is 5.62. The second-order valence-electron chi connectivity index (χ2n) is 5.62. The van der Waals surface area contributed by atoms with Crippen molar-refractivity contribution in [3.8, 4) is 11.1 Å². The Labute approximate surface area is 163 Å². The summed E-state index contributed by atoms with van der Waals surface area (Å²) >= 11 is 0. The standard InChI is InChI=1S/C24H21N.C2H6/c1-3-11-22(4-2)25(23-14-9-6-10-15-23)24-18-16-21(17-19-24)20-12-7-5-8-13-20;1-2/h3-19H,1-2H2;1-2H3/b22-11+;. The molecule has 1 nitrogen and oxygen atoms in total. The van der Waals surface area contributed by atoms with Crippen LogP contribution in [0, 0.1) is 0 Å². The van der Waals surface area contributed by atoms with E-state index in [1.807, 2.05) is 50.3 Å². The molecule has 0 heterocycles. The van der Waals surface area contributed by atoms with Crippen molar-refractivity contribution in [2.75, 3.05) is 4.90 Å². The molecule has 0 amide bonds. The van der Waals surface area contributed by atoms with Crippen LogP contribution in [0.15, 0.2) is 122 Å². The molecule has 0 aliphatic heterocycles. The fraction of sp³-hybridized carbons (Fsp3) is 0.0769. The van der Waals surface area contributed by atoms with E-state index in [1.54, 1.807) is 6.08 Å². The van der Waals surface area contributed by atoms with Gasteiger partial charge in [-0.2, -0.15) is 0 Å². The highest BCUT2D eigenvalue weighted by molar-refractivity contribution is 5.73. The molecule has 3 aromatic carbocycles. The number of allylic oxidation sites excluding steroid dienone is 3. The maximum atomic E-state index is 3.96. The van der Waals surface area contributed by atoms with Gasteiger partial charge in [-0.05, 0) is 47.5 Å². The zero-order valence-corrected chi connectivity index (χ0v) is 16.2. The lowest BCUT2D eigenvalue weighted by Crippen LogP contribution is -2.14. The van der Waals surface area contributed by atoms with E-state index in [-0.39, 0.29) is 0 Å². The van der Waals surface area contributed by atoms with Crippen LogP contribution < -0.4 is 4.90 Å². The highest BCUT2D eigenvalue weighted by Gasteiger charge is 2.12. The topological polar surface area (TPSA) is 3.24 Å². The van der Waals surface area contributed by atoms with Crippen LogP contribution in [-0.2, 0) is 0 Å². The molecule has 0 fully saturated rings. The molecule has 136 valence electrons. The number of anilines is 2. The van der Waals surface area contributed by atoms with Crippen molar-refractivity contribution in [2.45, 2.75) is 13.8 Å². The smallest absolute Gasteiger partial charge is 0.0462 e. The van der Waals surface area contributed by atoms with Crippen molar-refractivity contribution in [3.05, 3.63) is 122 Å². The van der Waals surface area contributed by atoms with Gasteiger partial charge in [0.1, 0.15) is 0 Å². The van der Waals surface area contributed by atoms with Gasteiger partial charge >= 0.3 is 0 Å². The highest BCUT2D eigenvalue weighted by atomic mass is 15.1. The first kappa shape index (κ1) is 20.0. The first-order chi connectivity index (χ1) is 13.3. The predicted molar refractivity (Wildman–Crippen MR) is 120 cm³/mol. The van der Waals surface area contributed by atoms with Crippen molar-refractivity contribution in [2.24, 2.45) is 0 Å². The van der Waals surface area contributed by atoms with Crippen molar-refractivity contribution < 1.29 is 0 Å². The molecule has 0 radical (unpaired) electrons. The summed E-state index contributed by atoms with van der Waals surface area (Å²) in [6.45, 7) is 11.8. The van der Waals surface area contributed by atoms with Crippen molar-refractivity contribution in [1.82, 2.24) is 0 Å². The molecule has 0 bridgehead atoms. The lowest BCUT2D eigenvalue weighted by atomic mass is 10.0. The number of hydrogen-bond acceptors (Lipinski definition) is 1. The van der Waals surface area contributed by atoms with Gasteiger partial charge in [0.2, 0.25) is 0 Å². The molecule has 0 unspecified atom stereocenters. The summed E-state index contributed by atoms with van der Waals surface area (Å²) in [5.41, 5.74) is 5.56. The van der Waals surface area contributed by atoms with E-state index in [9.17, 15) is 0 Å². The second kappa shape index (κ2) is 10.6. The maximum Gasteiger partial charge on any atom is 0.0462 e. The number of benzene rings is 3. The van der Waals surface area contributed by atoms with Gasteiger partial charge in [0.15, 0.2) is 0 Å². The summed E-state index contributed by atoms with van der Waals surface area (Å²) in [7, 11) is 0. The van der Waals surface area contributed by atoms with E-state index in [4.69, 9.17) is 0 Å². The molecule has 3 rings (SSSR count). The third-order valence-corrected chi connectivity index (χ3v) is 4.00. The quantitative estimate of drug-likeness (QED) is 0.409. The van der Waals surface area contributed by atoms with Gasteiger partial charge in [0.05, 0.1) is 0 Å². The lowest BCUT2D eigenvalue weighted by Gasteiger charge is -2.26. The number of nitrogens with zero attached hydrogens (tertiary/aromatic N) is 1. The molecule has 0 atom stereocenters. The van der Waals surface area contributed by atoms with Crippen LogP contribution in [0.4, 0.5) is 11.4 Å². The van der Waals surface area contributed by atoms with E-state index in [0.717, 1.165) is 17.1 Å². The Hall–Kier alpha value is -3.32. The van der Waals surface area contributed by atoms with Crippen molar-refractivity contribution in [3.63, 3.8) is 0 Å². The van der Waals surface area contributed by atoms with Gasteiger partial charge in [0.25, 0.3) is 0 Å². The number of hydrogen-bond donors (Lipinski definition) is 0. The molecular formula is C26H27N. The first-order valence-electron chi connectivity index (χ1n) is 9.29. The summed E-state index contributed by atoms with van der Waals surface area (Å²) in [6, 6.07) is 29.2. The summed E-state index contributed by atoms with van der Waals surface area (Å²) < 4.78 is 0. The average molecular weight is 354 g/mol. The van der Waals surface area contributed by atoms with Gasteiger partial charge < -0.3 is 4.90 Å². The SMILES string of the molecule is C=C/C=C(\C=C)N(c1ccccc1)c1ccc(-c2ccccc2)cc1.CC. The molecule has 0 saturated heterocycles. The zero-order valence-electron chi connectivity index (χ0n) is 16.2. The Bertz CT molecular complexity index is 859. The largest absolute Gasteiger partial charge is 0.311 e. The van der Waals surface area contributed by atoms with Gasteiger partial charge in [-0.1, -0.05) is 93.7 Å². The number of para-hydroxylation sites is 1. The molecular weight excluding hydrogens is 326 g/mol. The molecule has 0 N–H and O–H groups in total. The minimum absolute atomic E-state index is 0.980. The Morgan fingerprint density at radius 2 is 1.15 bits per heavy atom. The third-order valence-electron chi connectivity index (χ3n) is 4.00. The summed E-state index contributed by atoms with van der Waals surface area (Å²) in [5.74, 6) is 0. The van der Waals surface area contributed by atoms with Gasteiger partial charge in [0, 0.05) is 17.1 Å². The van der Waals surface area contributed by atoms with Crippen molar-refractivity contribution >= 4 is 11.4 Å². The normalized spacial score (nSPS) is 10.4. The predicted octanol–water partition coefficient (Wildman–Crippen LogP) is 7.77. The lowest BCUT2D eigenvalue weighted by molar-refractivity contribution is 1.21. The summed E-state index contributed by atoms with van der Waals surface area (Å²) in [5, 5.41) is 0. The fourth-order valence-corrected chi connectivity index (χ4v) is 2.81. The van der Waals surface area contributed by atoms with Crippen LogP contribution >= 0.6 is 0 Å². The summed E-state index contributed by atoms with van der Waals surface area (Å²) in [4.78, 5) is 2.17. The average Bonchev–Trinajstić information content (AvgIpc) is 2.76. The Balaban J connectivity index is 0.00000126. The van der Waals surface area contributed by atoms with Crippen LogP contribution in [0.25, 0.3) is 11.1 Å². The van der Waals surface area contributed by atoms with Crippen molar-refractivity contribution in [1.29, 1.82) is 0 Å². The fourth-order valence-electron chi connectivity index (χ4n) is 2.81. The van der Waals surface area contributed by atoms with Crippen LogP contribution in [0.2, 0.25) is 0 Å². The molecule has 0 aliphatic rings. The van der Waals surface area contributed by atoms with Crippen LogP contribution in [0.3, 0.4) is 0 Å². The van der Waals surface area contributed by atoms with Crippen LogP contribution in [0.5, 0.6) is 0 Å². The Morgan fingerprint density at radius 3 is 1.67 bits per heavy atom. The molecule has 1 heteroatoms. The minimum atomic E-state index is 0.980. The third kappa shape index (κ3) is 5.08. The number of rotatable bonds is 6. The van der Waals surface area contributed by atoms with Gasteiger partial charge in [-0.25, -0.2) is 0 Å². The molecule has 0 saturated carbocycles. The molecule has 0 aliphatic carbocycles.